The minimum absolute atomic E-state index is 0.158. The quantitative estimate of drug-likeness (QED) is 0.427. The number of halogens is 1. The predicted octanol–water partition coefficient (Wildman–Crippen LogP) is 3.94. The average Bonchev–Trinajstić information content (AvgIpc) is 3.35. The molecule has 162 valence electrons. The molecule has 3 heterocycles. The van der Waals surface area contributed by atoms with Gasteiger partial charge in [0.15, 0.2) is 5.16 Å². The van der Waals surface area contributed by atoms with Crippen LogP contribution in [0, 0.1) is 0 Å². The van der Waals surface area contributed by atoms with Crippen LogP contribution < -0.4 is 10.1 Å². The Balaban J connectivity index is 1.44. The molecular formula is C22H24ClN5O2S. The van der Waals surface area contributed by atoms with E-state index in [0.717, 1.165) is 35.4 Å². The second kappa shape index (κ2) is 9.28. The summed E-state index contributed by atoms with van der Waals surface area (Å²) >= 11 is 8.00. The number of aryl methyl sites for hydroxylation is 2. The predicted molar refractivity (Wildman–Crippen MR) is 122 cm³/mol. The van der Waals surface area contributed by atoms with E-state index in [2.05, 4.69) is 27.3 Å². The molecule has 0 saturated heterocycles. The largest absolute Gasteiger partial charge is 0.486 e. The second-order valence-electron chi connectivity index (χ2n) is 7.42. The maximum absolute atomic E-state index is 12.6. The Kier molecular flexibility index (Phi) is 6.48. The maximum atomic E-state index is 12.6. The highest BCUT2D eigenvalue weighted by Crippen LogP contribution is 2.39. The van der Waals surface area contributed by atoms with E-state index in [4.69, 9.17) is 16.3 Å². The lowest BCUT2D eigenvalue weighted by Gasteiger charge is -2.12. The van der Waals surface area contributed by atoms with E-state index in [0.29, 0.717) is 34.6 Å². The first kappa shape index (κ1) is 21.6. The average molecular weight is 458 g/mol. The molecule has 4 rings (SSSR count). The molecule has 1 atom stereocenters. The normalized spacial score (nSPS) is 14.9. The number of amides is 1. The summed E-state index contributed by atoms with van der Waals surface area (Å²) in [7, 11) is 1.78. The Labute approximate surface area is 190 Å². The number of hydrogen-bond acceptors (Lipinski definition) is 6. The zero-order chi connectivity index (χ0) is 22.0. The highest BCUT2D eigenvalue weighted by molar-refractivity contribution is 7.98. The number of benzene rings is 1. The molecule has 1 aliphatic heterocycles. The molecule has 1 aliphatic rings. The van der Waals surface area contributed by atoms with Crippen molar-refractivity contribution in [1.29, 1.82) is 0 Å². The third-order valence-corrected chi connectivity index (χ3v) is 5.97. The van der Waals surface area contributed by atoms with Gasteiger partial charge in [-0.15, -0.1) is 0 Å². The van der Waals surface area contributed by atoms with Crippen LogP contribution in [0.3, 0.4) is 0 Å². The van der Waals surface area contributed by atoms with Crippen molar-refractivity contribution in [2.24, 2.45) is 7.05 Å². The molecule has 1 N–H and O–H groups in total. The van der Waals surface area contributed by atoms with Crippen LogP contribution in [0.5, 0.6) is 5.75 Å². The number of rotatable bonds is 7. The van der Waals surface area contributed by atoms with Gasteiger partial charge in [0.2, 0.25) is 0 Å². The van der Waals surface area contributed by atoms with Gasteiger partial charge in [0.25, 0.3) is 5.91 Å². The summed E-state index contributed by atoms with van der Waals surface area (Å²) in [6.07, 6.45) is 6.01. The summed E-state index contributed by atoms with van der Waals surface area (Å²) in [5.74, 6) is 0.517. The topological polar surface area (TPSA) is 81.9 Å². The van der Waals surface area contributed by atoms with Crippen LogP contribution >= 0.6 is 23.4 Å². The van der Waals surface area contributed by atoms with Crippen LogP contribution in [0.4, 0.5) is 0 Å². The van der Waals surface area contributed by atoms with Crippen LogP contribution in [0.2, 0.25) is 5.02 Å². The molecule has 3 aromatic rings. The lowest BCUT2D eigenvalue weighted by atomic mass is 10.0. The number of nitrogens with zero attached hydrogens (tertiary/aromatic N) is 4. The number of carbonyl (C=O) groups is 1. The van der Waals surface area contributed by atoms with Crippen molar-refractivity contribution in [2.75, 3.05) is 12.8 Å². The maximum Gasteiger partial charge on any atom is 0.269 e. The fraction of sp³-hybridized carbons (Fsp3) is 0.364. The Morgan fingerprint density at radius 2 is 2.23 bits per heavy atom. The molecule has 0 radical (unpaired) electrons. The van der Waals surface area contributed by atoms with E-state index in [9.17, 15) is 4.79 Å². The number of carbonyl (C=O) groups excluding carboxylic acids is 1. The Hall–Kier alpha value is -2.58. The molecule has 7 nitrogen and oxygen atoms in total. The standard InChI is InChI=1S/C22H24ClN5O2S/c1-4-5-15-11-19(28(2)27-15)21(29)25-12-16-9-14-8-13(10-17(23)20(14)30-16)18-6-7-24-22(26-18)31-3/h6-8,10-11,16H,4-5,9,12H2,1-3H3,(H,25,29)/t16-/m1/s1. The Morgan fingerprint density at radius 3 is 3.00 bits per heavy atom. The van der Waals surface area contributed by atoms with Crippen molar-refractivity contribution in [1.82, 2.24) is 25.1 Å². The number of aromatic nitrogens is 4. The van der Waals surface area contributed by atoms with E-state index in [1.165, 1.54) is 11.8 Å². The van der Waals surface area contributed by atoms with Crippen LogP contribution in [0.25, 0.3) is 11.3 Å². The van der Waals surface area contributed by atoms with Crippen molar-refractivity contribution in [3.05, 3.63) is 52.4 Å². The minimum atomic E-state index is -0.179. The summed E-state index contributed by atoms with van der Waals surface area (Å²) in [6, 6.07) is 7.62. The van der Waals surface area contributed by atoms with Crippen LogP contribution in [0.1, 0.15) is 35.1 Å². The van der Waals surface area contributed by atoms with Gasteiger partial charge in [-0.05, 0) is 36.9 Å². The fourth-order valence-electron chi connectivity index (χ4n) is 3.66. The van der Waals surface area contributed by atoms with Crippen LogP contribution in [0.15, 0.2) is 35.6 Å². The molecule has 0 spiro atoms. The molecule has 31 heavy (non-hydrogen) atoms. The van der Waals surface area contributed by atoms with E-state index in [1.54, 1.807) is 17.9 Å². The van der Waals surface area contributed by atoms with Gasteiger partial charge in [-0.25, -0.2) is 9.97 Å². The Bertz CT molecular complexity index is 1120. The zero-order valence-corrected chi connectivity index (χ0v) is 19.3. The molecule has 9 heteroatoms. The van der Waals surface area contributed by atoms with Gasteiger partial charge < -0.3 is 10.1 Å². The van der Waals surface area contributed by atoms with Gasteiger partial charge in [0, 0.05) is 30.8 Å². The smallest absolute Gasteiger partial charge is 0.269 e. The molecule has 0 unspecified atom stereocenters. The van der Waals surface area contributed by atoms with Crippen molar-refractivity contribution in [3.63, 3.8) is 0 Å². The molecule has 0 aliphatic carbocycles. The van der Waals surface area contributed by atoms with Gasteiger partial charge in [-0.2, -0.15) is 5.10 Å². The SMILES string of the molecule is CCCc1cc(C(=O)NC[C@H]2Cc3cc(-c4ccnc(SC)n4)cc(Cl)c3O2)n(C)n1. The van der Waals surface area contributed by atoms with Crippen molar-refractivity contribution < 1.29 is 9.53 Å². The number of ether oxygens (including phenoxy) is 1. The molecule has 0 fully saturated rings. The van der Waals surface area contributed by atoms with E-state index >= 15 is 0 Å². The molecule has 2 aromatic heterocycles. The first-order valence-electron chi connectivity index (χ1n) is 10.2. The molecule has 1 amide bonds. The summed E-state index contributed by atoms with van der Waals surface area (Å²) < 4.78 is 7.65. The summed E-state index contributed by atoms with van der Waals surface area (Å²) in [6.45, 7) is 2.48. The zero-order valence-electron chi connectivity index (χ0n) is 17.7. The lowest BCUT2D eigenvalue weighted by Crippen LogP contribution is -2.35. The number of fused-ring (bicyclic) bond motifs is 1. The first-order valence-corrected chi connectivity index (χ1v) is 11.8. The van der Waals surface area contributed by atoms with Gasteiger partial charge in [0.1, 0.15) is 17.5 Å². The van der Waals surface area contributed by atoms with E-state index in [1.807, 2.05) is 30.5 Å². The minimum Gasteiger partial charge on any atom is -0.486 e. The lowest BCUT2D eigenvalue weighted by molar-refractivity contribution is 0.0924. The summed E-state index contributed by atoms with van der Waals surface area (Å²) in [5.41, 5.74) is 4.23. The second-order valence-corrected chi connectivity index (χ2v) is 8.60. The van der Waals surface area contributed by atoms with Crippen LogP contribution in [-0.4, -0.2) is 44.6 Å². The van der Waals surface area contributed by atoms with Crippen molar-refractivity contribution >= 4 is 29.3 Å². The van der Waals surface area contributed by atoms with Gasteiger partial charge in [-0.3, -0.25) is 9.48 Å². The van der Waals surface area contributed by atoms with Crippen molar-refractivity contribution in [3.8, 4) is 17.0 Å². The van der Waals surface area contributed by atoms with E-state index in [-0.39, 0.29) is 12.0 Å². The Morgan fingerprint density at radius 1 is 1.39 bits per heavy atom. The molecule has 0 bridgehead atoms. The molecule has 1 aromatic carbocycles. The van der Waals surface area contributed by atoms with Crippen molar-refractivity contribution in [2.45, 2.75) is 37.4 Å². The monoisotopic (exact) mass is 457 g/mol. The fourth-order valence-corrected chi connectivity index (χ4v) is 4.30. The summed E-state index contributed by atoms with van der Waals surface area (Å²) in [5, 5.41) is 8.61. The van der Waals surface area contributed by atoms with E-state index < -0.39 is 0 Å². The third kappa shape index (κ3) is 4.70. The highest BCUT2D eigenvalue weighted by atomic mass is 35.5. The van der Waals surface area contributed by atoms with Gasteiger partial charge >= 0.3 is 0 Å². The van der Waals surface area contributed by atoms with Gasteiger partial charge in [-0.1, -0.05) is 36.7 Å². The van der Waals surface area contributed by atoms with Crippen LogP contribution in [-0.2, 0) is 19.9 Å². The number of nitrogens with one attached hydrogen (secondary N) is 1. The highest BCUT2D eigenvalue weighted by Gasteiger charge is 2.27. The third-order valence-electron chi connectivity index (χ3n) is 5.12. The molecule has 0 saturated carbocycles. The summed E-state index contributed by atoms with van der Waals surface area (Å²) in [4.78, 5) is 21.4. The first-order chi connectivity index (χ1) is 15.0. The molecular weight excluding hydrogens is 434 g/mol. The van der Waals surface area contributed by atoms with Gasteiger partial charge in [0.05, 0.1) is 23.0 Å². The number of hydrogen-bond donors (Lipinski definition) is 1. The number of thioether (sulfide) groups is 1.